The van der Waals surface area contributed by atoms with Crippen molar-refractivity contribution in [2.45, 2.75) is 4.90 Å². The lowest BCUT2D eigenvalue weighted by atomic mass is 10.1. The number of nitrogens with zero attached hydrogens (tertiary/aromatic N) is 5. The van der Waals surface area contributed by atoms with Crippen LogP contribution in [0.25, 0.3) is 22.2 Å². The summed E-state index contributed by atoms with van der Waals surface area (Å²) in [7, 11) is -0.704. The van der Waals surface area contributed by atoms with E-state index in [-0.39, 0.29) is 4.90 Å². The summed E-state index contributed by atoms with van der Waals surface area (Å²) in [6.07, 6.45) is 5.33. The quantitative estimate of drug-likeness (QED) is 0.245. The van der Waals surface area contributed by atoms with Crippen molar-refractivity contribution in [3.63, 3.8) is 0 Å². The number of hydrogen-bond acceptors (Lipinski definition) is 9. The van der Waals surface area contributed by atoms with Crippen LogP contribution >= 0.6 is 0 Å². The molecule has 5 aromatic rings. The molecule has 6 rings (SSSR count). The predicted molar refractivity (Wildman–Crippen MR) is 160 cm³/mol. The van der Waals surface area contributed by atoms with Crippen LogP contribution in [0.2, 0.25) is 0 Å². The second-order valence-corrected chi connectivity index (χ2v) is 11.9. The summed E-state index contributed by atoms with van der Waals surface area (Å²) in [5, 5.41) is 7.31. The average Bonchev–Trinajstić information content (AvgIpc) is 3.43. The molecule has 0 spiro atoms. The largest absolute Gasteiger partial charge is 0.378 e. The maximum Gasteiger partial charge on any atom is 0.244 e. The van der Waals surface area contributed by atoms with Gasteiger partial charge in [-0.3, -0.25) is 4.98 Å². The van der Waals surface area contributed by atoms with Crippen LogP contribution in [0.15, 0.2) is 84.1 Å². The van der Waals surface area contributed by atoms with E-state index in [4.69, 9.17) is 14.7 Å². The number of aromatic amines is 1. The van der Waals surface area contributed by atoms with Crippen LogP contribution in [0.1, 0.15) is 0 Å². The van der Waals surface area contributed by atoms with Crippen LogP contribution in [0.4, 0.5) is 28.8 Å². The fourth-order valence-corrected chi connectivity index (χ4v) is 5.80. The Balaban J connectivity index is 1.40. The topological polar surface area (TPSA) is 128 Å². The fourth-order valence-electron chi connectivity index (χ4n) is 4.75. The molecule has 3 N–H and O–H groups in total. The molecule has 2 aromatic carbocycles. The lowest BCUT2D eigenvalue weighted by Gasteiger charge is -2.28. The molecular weight excluding hydrogens is 540 g/mol. The molecule has 3 aromatic heterocycles. The first kappa shape index (κ1) is 26.7. The van der Waals surface area contributed by atoms with Crippen molar-refractivity contribution in [2.24, 2.45) is 0 Å². The van der Waals surface area contributed by atoms with Gasteiger partial charge in [0.05, 0.1) is 24.3 Å². The first-order valence-corrected chi connectivity index (χ1v) is 14.6. The van der Waals surface area contributed by atoms with E-state index in [1.165, 1.54) is 18.4 Å². The van der Waals surface area contributed by atoms with Gasteiger partial charge in [0.2, 0.25) is 16.0 Å². The van der Waals surface area contributed by atoms with Crippen molar-refractivity contribution in [3.8, 4) is 11.1 Å². The van der Waals surface area contributed by atoms with Crippen LogP contribution in [0.3, 0.4) is 0 Å². The smallest absolute Gasteiger partial charge is 0.244 e. The number of pyridine rings is 1. The maximum atomic E-state index is 13.1. The minimum atomic E-state index is -3.72. The lowest BCUT2D eigenvalue weighted by molar-refractivity contribution is 0.122. The Morgan fingerprint density at radius 2 is 1.73 bits per heavy atom. The van der Waals surface area contributed by atoms with Gasteiger partial charge in [-0.2, -0.15) is 9.97 Å². The zero-order valence-corrected chi connectivity index (χ0v) is 23.5. The normalized spacial score (nSPS) is 14.0. The second kappa shape index (κ2) is 11.2. The van der Waals surface area contributed by atoms with Gasteiger partial charge in [-0.25, -0.2) is 12.7 Å². The van der Waals surface area contributed by atoms with Crippen LogP contribution in [-0.2, 0) is 14.8 Å². The Labute approximate surface area is 238 Å². The summed E-state index contributed by atoms with van der Waals surface area (Å²) in [5.74, 6) is 0.801. The third-order valence-corrected chi connectivity index (χ3v) is 8.78. The van der Waals surface area contributed by atoms with Gasteiger partial charge in [-0.05, 0) is 42.5 Å². The van der Waals surface area contributed by atoms with E-state index < -0.39 is 10.0 Å². The molecule has 1 aliphatic rings. The van der Waals surface area contributed by atoms with Gasteiger partial charge in [0.1, 0.15) is 16.4 Å². The van der Waals surface area contributed by atoms with E-state index in [0.29, 0.717) is 28.5 Å². The van der Waals surface area contributed by atoms with Crippen LogP contribution in [-0.4, -0.2) is 73.1 Å². The van der Waals surface area contributed by atoms with Crippen molar-refractivity contribution in [1.29, 1.82) is 0 Å². The molecule has 0 amide bonds. The van der Waals surface area contributed by atoms with E-state index in [1.807, 2.05) is 30.5 Å². The Morgan fingerprint density at radius 3 is 2.46 bits per heavy atom. The molecule has 210 valence electrons. The predicted octanol–water partition coefficient (Wildman–Crippen LogP) is 4.59. The molecule has 0 aliphatic carbocycles. The zero-order chi connectivity index (χ0) is 28.4. The highest BCUT2D eigenvalue weighted by atomic mass is 32.2. The van der Waals surface area contributed by atoms with Crippen molar-refractivity contribution in [3.05, 3.63) is 79.3 Å². The number of benzene rings is 2. The molecule has 0 atom stereocenters. The third-order valence-electron chi connectivity index (χ3n) is 6.90. The first-order valence-electron chi connectivity index (χ1n) is 13.2. The van der Waals surface area contributed by atoms with E-state index in [1.54, 1.807) is 36.7 Å². The highest BCUT2D eigenvalue weighted by molar-refractivity contribution is 7.89. The fraction of sp³-hybridized carbons (Fsp3) is 0.207. The Kier molecular flexibility index (Phi) is 7.26. The molecule has 41 heavy (non-hydrogen) atoms. The summed E-state index contributed by atoms with van der Waals surface area (Å²) in [5.41, 5.74) is 4.65. The van der Waals surface area contributed by atoms with E-state index in [9.17, 15) is 8.42 Å². The molecule has 1 saturated heterocycles. The van der Waals surface area contributed by atoms with Gasteiger partial charge in [-0.1, -0.05) is 18.2 Å². The molecule has 0 saturated carbocycles. The average molecular weight is 571 g/mol. The van der Waals surface area contributed by atoms with Gasteiger partial charge in [0.25, 0.3) is 0 Å². The number of aromatic nitrogens is 4. The van der Waals surface area contributed by atoms with Crippen LogP contribution in [0, 0.1) is 0 Å². The summed E-state index contributed by atoms with van der Waals surface area (Å²) < 4.78 is 32.9. The van der Waals surface area contributed by atoms with Crippen LogP contribution < -0.4 is 15.5 Å². The number of ether oxygens (including phenoxy) is 1. The van der Waals surface area contributed by atoms with Gasteiger partial charge >= 0.3 is 0 Å². The SMILES string of the molecule is CN(C)S(=O)(=O)c1ccccc1Nc1nc(Nc2ccc(N3CCOCC3)cc2)nc2[nH]cc(-c3cccnc3)c12. The third kappa shape index (κ3) is 5.44. The number of anilines is 5. The Morgan fingerprint density at radius 1 is 0.951 bits per heavy atom. The van der Waals surface area contributed by atoms with Crippen molar-refractivity contribution in [2.75, 3.05) is 55.9 Å². The number of hydrogen-bond donors (Lipinski definition) is 3. The number of sulfonamides is 1. The first-order chi connectivity index (χ1) is 19.9. The van der Waals surface area contributed by atoms with Gasteiger partial charge < -0.3 is 25.3 Å². The molecule has 1 fully saturated rings. The van der Waals surface area contributed by atoms with Gasteiger partial charge in [0, 0.05) is 68.3 Å². The standard InChI is InChI=1S/C29H30N8O3S/c1-36(2)41(38,39)25-8-4-3-7-24(25)33-28-26-23(20-6-5-13-30-18-20)19-31-27(26)34-29(35-28)32-21-9-11-22(12-10-21)37-14-16-40-17-15-37/h3-13,18-19H,14-17H2,1-2H3,(H3,31,32,33,34,35). The summed E-state index contributed by atoms with van der Waals surface area (Å²) >= 11 is 0. The Bertz CT molecular complexity index is 1770. The van der Waals surface area contributed by atoms with Crippen LogP contribution in [0.5, 0.6) is 0 Å². The zero-order valence-electron chi connectivity index (χ0n) is 22.7. The molecular formula is C29H30N8O3S. The minimum absolute atomic E-state index is 0.142. The lowest BCUT2D eigenvalue weighted by Crippen LogP contribution is -2.36. The minimum Gasteiger partial charge on any atom is -0.378 e. The number of rotatable bonds is 8. The number of fused-ring (bicyclic) bond motifs is 1. The molecule has 11 nitrogen and oxygen atoms in total. The summed E-state index contributed by atoms with van der Waals surface area (Å²) in [6, 6.07) is 18.7. The molecule has 0 bridgehead atoms. The van der Waals surface area contributed by atoms with E-state index >= 15 is 0 Å². The number of morpholine rings is 1. The van der Waals surface area contributed by atoms with Gasteiger partial charge in [-0.15, -0.1) is 0 Å². The highest BCUT2D eigenvalue weighted by Gasteiger charge is 2.23. The Hall–Kier alpha value is -4.52. The number of nitrogens with one attached hydrogen (secondary N) is 3. The van der Waals surface area contributed by atoms with Crippen molar-refractivity contribution in [1.82, 2.24) is 24.2 Å². The summed E-state index contributed by atoms with van der Waals surface area (Å²) in [6.45, 7) is 3.16. The monoisotopic (exact) mass is 570 g/mol. The second-order valence-electron chi connectivity index (χ2n) is 9.74. The van der Waals surface area contributed by atoms with Crippen molar-refractivity contribution < 1.29 is 13.2 Å². The van der Waals surface area contributed by atoms with E-state index in [2.05, 4.69) is 37.6 Å². The summed E-state index contributed by atoms with van der Waals surface area (Å²) in [4.78, 5) is 19.5. The van der Waals surface area contributed by atoms with Gasteiger partial charge in [0.15, 0.2) is 0 Å². The maximum absolute atomic E-state index is 13.1. The molecule has 0 unspecified atom stereocenters. The van der Waals surface area contributed by atoms with Crippen molar-refractivity contribution >= 4 is 49.9 Å². The molecule has 12 heteroatoms. The number of para-hydroxylation sites is 1. The highest BCUT2D eigenvalue weighted by Crippen LogP contribution is 2.36. The number of H-pyrrole nitrogens is 1. The van der Waals surface area contributed by atoms with E-state index in [0.717, 1.165) is 48.8 Å². The molecule has 1 aliphatic heterocycles. The molecule has 4 heterocycles. The molecule has 0 radical (unpaired) electrons.